The van der Waals surface area contributed by atoms with Gasteiger partial charge in [-0.25, -0.2) is 0 Å². The molecule has 0 aromatic rings. The molecule has 1 aliphatic rings. The average Bonchev–Trinajstić information content (AvgIpc) is 2.85. The van der Waals surface area contributed by atoms with Crippen molar-refractivity contribution >= 4 is 0 Å². The second-order valence-corrected chi connectivity index (χ2v) is 4.82. The van der Waals surface area contributed by atoms with Gasteiger partial charge in [-0.1, -0.05) is 19.8 Å². The molecule has 2 unspecified atom stereocenters. The average molecular weight is 239 g/mol. The van der Waals surface area contributed by atoms with Gasteiger partial charge < -0.3 is 15.2 Å². The molecule has 1 aliphatic carbocycles. The van der Waals surface area contributed by atoms with E-state index in [9.17, 15) is 5.11 Å². The summed E-state index contributed by atoms with van der Waals surface area (Å²) >= 11 is 0. The zero-order valence-corrected chi connectivity index (χ0v) is 10.8. The Morgan fingerprint density at radius 1 is 1.47 bits per heavy atom. The zero-order chi connectivity index (χ0) is 12.5. The van der Waals surface area contributed by atoms with E-state index in [0.29, 0.717) is 31.7 Å². The van der Waals surface area contributed by atoms with Gasteiger partial charge >= 0.3 is 0 Å². The Labute approximate surface area is 105 Å². The summed E-state index contributed by atoms with van der Waals surface area (Å²) < 4.78 is 5.66. The van der Waals surface area contributed by atoms with Gasteiger partial charge in [-0.15, -0.1) is 12.3 Å². The lowest BCUT2D eigenvalue weighted by Gasteiger charge is -2.19. The van der Waals surface area contributed by atoms with Gasteiger partial charge in [0.25, 0.3) is 0 Å². The normalized spacial score (nSPS) is 20.1. The summed E-state index contributed by atoms with van der Waals surface area (Å²) in [5.41, 5.74) is 0. The highest BCUT2D eigenvalue weighted by Gasteiger charge is 2.17. The number of hydrogen-bond acceptors (Lipinski definition) is 3. The van der Waals surface area contributed by atoms with E-state index in [-0.39, 0.29) is 0 Å². The molecule has 0 aromatic heterocycles. The molecule has 0 heterocycles. The number of terminal acetylenes is 1. The lowest BCUT2D eigenvalue weighted by molar-refractivity contribution is -0.00622. The van der Waals surface area contributed by atoms with E-state index >= 15 is 0 Å². The fraction of sp³-hybridized carbons (Fsp3) is 0.857. The molecule has 0 radical (unpaired) electrons. The van der Waals surface area contributed by atoms with E-state index < -0.39 is 6.10 Å². The first-order valence-corrected chi connectivity index (χ1v) is 6.72. The highest BCUT2D eigenvalue weighted by molar-refractivity contribution is 4.89. The SMILES string of the molecule is C#CCC(CC)NCC(O)COC1CCCC1. The van der Waals surface area contributed by atoms with Crippen LogP contribution < -0.4 is 5.32 Å². The van der Waals surface area contributed by atoms with Crippen LogP contribution >= 0.6 is 0 Å². The van der Waals surface area contributed by atoms with Gasteiger partial charge in [0.2, 0.25) is 0 Å². The van der Waals surface area contributed by atoms with Crippen molar-refractivity contribution in [2.45, 2.75) is 63.7 Å². The minimum Gasteiger partial charge on any atom is -0.389 e. The number of rotatable bonds is 8. The predicted molar refractivity (Wildman–Crippen MR) is 69.7 cm³/mol. The van der Waals surface area contributed by atoms with Crippen molar-refractivity contribution in [1.29, 1.82) is 0 Å². The topological polar surface area (TPSA) is 41.5 Å². The summed E-state index contributed by atoms with van der Waals surface area (Å²) in [5.74, 6) is 2.64. The smallest absolute Gasteiger partial charge is 0.0897 e. The molecule has 0 amide bonds. The quantitative estimate of drug-likeness (QED) is 0.633. The second kappa shape index (κ2) is 8.52. The molecule has 1 rings (SSSR count). The third-order valence-corrected chi connectivity index (χ3v) is 3.33. The minimum atomic E-state index is -0.428. The number of nitrogens with one attached hydrogen (secondary N) is 1. The number of aliphatic hydroxyl groups excluding tert-OH is 1. The molecule has 0 aromatic carbocycles. The molecule has 2 atom stereocenters. The van der Waals surface area contributed by atoms with Crippen LogP contribution in [0.1, 0.15) is 45.4 Å². The zero-order valence-electron chi connectivity index (χ0n) is 10.8. The Kier molecular flexibility index (Phi) is 7.27. The predicted octanol–water partition coefficient (Wildman–Crippen LogP) is 1.70. The molecule has 0 aliphatic heterocycles. The summed E-state index contributed by atoms with van der Waals surface area (Å²) in [4.78, 5) is 0. The maximum Gasteiger partial charge on any atom is 0.0897 e. The van der Waals surface area contributed by atoms with Crippen LogP contribution in [0.2, 0.25) is 0 Å². The van der Waals surface area contributed by atoms with Gasteiger partial charge in [0.15, 0.2) is 0 Å². The van der Waals surface area contributed by atoms with Crippen LogP contribution in [0.5, 0.6) is 0 Å². The molecular formula is C14H25NO2. The van der Waals surface area contributed by atoms with E-state index in [1.807, 2.05) is 0 Å². The molecule has 2 N–H and O–H groups in total. The van der Waals surface area contributed by atoms with Crippen molar-refractivity contribution in [2.75, 3.05) is 13.2 Å². The van der Waals surface area contributed by atoms with Crippen LogP contribution in [0.25, 0.3) is 0 Å². The molecule has 98 valence electrons. The molecule has 3 nitrogen and oxygen atoms in total. The third kappa shape index (κ3) is 6.07. The van der Waals surface area contributed by atoms with E-state index in [0.717, 1.165) is 19.3 Å². The van der Waals surface area contributed by atoms with Crippen LogP contribution in [0.3, 0.4) is 0 Å². The van der Waals surface area contributed by atoms with Crippen molar-refractivity contribution in [2.24, 2.45) is 0 Å². The van der Waals surface area contributed by atoms with E-state index in [1.54, 1.807) is 0 Å². The van der Waals surface area contributed by atoms with Gasteiger partial charge in [0, 0.05) is 19.0 Å². The fourth-order valence-corrected chi connectivity index (χ4v) is 2.17. The van der Waals surface area contributed by atoms with Crippen molar-refractivity contribution < 1.29 is 9.84 Å². The Balaban J connectivity index is 2.07. The molecule has 0 bridgehead atoms. The van der Waals surface area contributed by atoms with Gasteiger partial charge in [-0.05, 0) is 19.3 Å². The summed E-state index contributed by atoms with van der Waals surface area (Å²) in [6, 6.07) is 0.307. The fourth-order valence-electron chi connectivity index (χ4n) is 2.17. The monoisotopic (exact) mass is 239 g/mol. The van der Waals surface area contributed by atoms with Crippen LogP contribution in [0, 0.1) is 12.3 Å². The van der Waals surface area contributed by atoms with Crippen molar-refractivity contribution in [1.82, 2.24) is 5.32 Å². The largest absolute Gasteiger partial charge is 0.389 e. The number of aliphatic hydroxyl groups is 1. The van der Waals surface area contributed by atoms with Crippen LogP contribution in [0.15, 0.2) is 0 Å². The first-order valence-electron chi connectivity index (χ1n) is 6.72. The van der Waals surface area contributed by atoms with Gasteiger partial charge in [0.05, 0.1) is 18.8 Å². The minimum absolute atomic E-state index is 0.307. The molecular weight excluding hydrogens is 214 g/mol. The number of ether oxygens (including phenoxy) is 1. The molecule has 17 heavy (non-hydrogen) atoms. The van der Waals surface area contributed by atoms with E-state index in [2.05, 4.69) is 18.2 Å². The highest BCUT2D eigenvalue weighted by Crippen LogP contribution is 2.20. The number of hydrogen-bond donors (Lipinski definition) is 2. The summed E-state index contributed by atoms with van der Waals surface area (Å²) in [7, 11) is 0. The Bertz CT molecular complexity index is 231. The van der Waals surface area contributed by atoms with Crippen LogP contribution in [-0.2, 0) is 4.74 Å². The Hall–Kier alpha value is -0.560. The lowest BCUT2D eigenvalue weighted by atomic mass is 10.1. The Morgan fingerprint density at radius 3 is 2.76 bits per heavy atom. The van der Waals surface area contributed by atoms with Gasteiger partial charge in [-0.3, -0.25) is 0 Å². The maximum atomic E-state index is 9.78. The summed E-state index contributed by atoms with van der Waals surface area (Å²) in [6.07, 6.45) is 11.7. The van der Waals surface area contributed by atoms with Crippen molar-refractivity contribution in [3.8, 4) is 12.3 Å². The van der Waals surface area contributed by atoms with Crippen molar-refractivity contribution in [3.05, 3.63) is 0 Å². The first-order chi connectivity index (χ1) is 8.26. The molecule has 0 spiro atoms. The van der Waals surface area contributed by atoms with E-state index in [1.165, 1.54) is 12.8 Å². The van der Waals surface area contributed by atoms with Crippen molar-refractivity contribution in [3.63, 3.8) is 0 Å². The summed E-state index contributed by atoms with van der Waals surface area (Å²) in [6.45, 7) is 3.09. The third-order valence-electron chi connectivity index (χ3n) is 3.33. The van der Waals surface area contributed by atoms with Gasteiger partial charge in [-0.2, -0.15) is 0 Å². The molecule has 3 heteroatoms. The van der Waals surface area contributed by atoms with Gasteiger partial charge in [0.1, 0.15) is 0 Å². The molecule has 1 fully saturated rings. The van der Waals surface area contributed by atoms with Crippen LogP contribution in [-0.4, -0.2) is 36.5 Å². The molecule has 1 saturated carbocycles. The Morgan fingerprint density at radius 2 is 2.18 bits per heavy atom. The standard InChI is InChI=1S/C14H25NO2/c1-3-7-12(4-2)15-10-13(16)11-17-14-8-5-6-9-14/h1,12-16H,4-11H2,2H3. The maximum absolute atomic E-state index is 9.78. The van der Waals surface area contributed by atoms with Crippen LogP contribution in [0.4, 0.5) is 0 Å². The summed E-state index contributed by atoms with van der Waals surface area (Å²) in [5, 5.41) is 13.1. The van der Waals surface area contributed by atoms with E-state index in [4.69, 9.17) is 11.2 Å². The first kappa shape index (κ1) is 14.5. The molecule has 0 saturated heterocycles. The second-order valence-electron chi connectivity index (χ2n) is 4.82. The lowest BCUT2D eigenvalue weighted by Crippen LogP contribution is -2.37. The highest BCUT2D eigenvalue weighted by atomic mass is 16.5.